The summed E-state index contributed by atoms with van der Waals surface area (Å²) in [5.41, 5.74) is 0. The summed E-state index contributed by atoms with van der Waals surface area (Å²) in [4.78, 5) is 20.8. The Balaban J connectivity index is 3.59. The van der Waals surface area contributed by atoms with Crippen LogP contribution in [0.25, 0.3) is 0 Å². The standard InChI is InChI=1S/C8H14O5/c1-6(10)12-4-3-8(5-9)13-7(2)11/h8-9H,3-5H2,1-2H3. The first-order valence-electron chi connectivity index (χ1n) is 3.97. The molecule has 0 amide bonds. The predicted octanol–water partition coefficient (Wildman–Crippen LogP) is -0.136. The molecular formula is C8H14O5. The van der Waals surface area contributed by atoms with Gasteiger partial charge in [-0.3, -0.25) is 9.59 Å². The molecule has 5 nitrogen and oxygen atoms in total. The van der Waals surface area contributed by atoms with E-state index >= 15 is 0 Å². The summed E-state index contributed by atoms with van der Waals surface area (Å²) in [7, 11) is 0. The van der Waals surface area contributed by atoms with Gasteiger partial charge in [0.15, 0.2) is 0 Å². The molecule has 5 heteroatoms. The summed E-state index contributed by atoms with van der Waals surface area (Å²) < 4.78 is 9.32. The van der Waals surface area contributed by atoms with Crippen molar-refractivity contribution in [3.8, 4) is 0 Å². The Bertz CT molecular complexity index is 177. The van der Waals surface area contributed by atoms with Crippen LogP contribution in [0.15, 0.2) is 0 Å². The molecule has 0 fully saturated rings. The number of aliphatic hydroxyl groups is 1. The number of hydrogen-bond acceptors (Lipinski definition) is 5. The zero-order valence-electron chi connectivity index (χ0n) is 7.78. The number of rotatable bonds is 5. The van der Waals surface area contributed by atoms with Gasteiger partial charge in [-0.1, -0.05) is 0 Å². The van der Waals surface area contributed by atoms with Gasteiger partial charge < -0.3 is 14.6 Å². The lowest BCUT2D eigenvalue weighted by molar-refractivity contribution is -0.150. The molecule has 0 spiro atoms. The number of carbonyl (C=O) groups excluding carboxylic acids is 2. The van der Waals surface area contributed by atoms with Gasteiger partial charge in [0.1, 0.15) is 6.10 Å². The van der Waals surface area contributed by atoms with Crippen LogP contribution in [0, 0.1) is 0 Å². The highest BCUT2D eigenvalue weighted by molar-refractivity contribution is 5.66. The third-order valence-electron chi connectivity index (χ3n) is 1.28. The quantitative estimate of drug-likeness (QED) is 0.611. The minimum absolute atomic E-state index is 0.147. The first-order valence-corrected chi connectivity index (χ1v) is 3.97. The van der Waals surface area contributed by atoms with Crippen molar-refractivity contribution >= 4 is 11.9 Å². The van der Waals surface area contributed by atoms with Crippen molar-refractivity contribution in [2.75, 3.05) is 13.2 Å². The van der Waals surface area contributed by atoms with Crippen LogP contribution in [0.5, 0.6) is 0 Å². The minimum Gasteiger partial charge on any atom is -0.466 e. The molecule has 0 aliphatic carbocycles. The molecule has 1 N–H and O–H groups in total. The zero-order chi connectivity index (χ0) is 10.3. The van der Waals surface area contributed by atoms with E-state index in [1.807, 2.05) is 0 Å². The van der Waals surface area contributed by atoms with E-state index in [0.29, 0.717) is 6.42 Å². The van der Waals surface area contributed by atoms with Crippen LogP contribution >= 0.6 is 0 Å². The molecule has 0 aliphatic rings. The number of ether oxygens (including phenoxy) is 2. The van der Waals surface area contributed by atoms with Crippen LogP contribution in [-0.2, 0) is 19.1 Å². The van der Waals surface area contributed by atoms with Crippen LogP contribution in [0.2, 0.25) is 0 Å². The number of hydrogen-bond donors (Lipinski definition) is 1. The van der Waals surface area contributed by atoms with Crippen molar-refractivity contribution in [2.24, 2.45) is 0 Å². The minimum atomic E-state index is -0.586. The first kappa shape index (κ1) is 11.9. The number of aliphatic hydroxyl groups excluding tert-OH is 1. The van der Waals surface area contributed by atoms with E-state index in [2.05, 4.69) is 4.74 Å². The molecule has 0 saturated heterocycles. The zero-order valence-corrected chi connectivity index (χ0v) is 7.78. The highest BCUT2D eigenvalue weighted by atomic mass is 16.6. The van der Waals surface area contributed by atoms with Gasteiger partial charge in [0, 0.05) is 20.3 Å². The summed E-state index contributed by atoms with van der Waals surface area (Å²) >= 11 is 0. The number of esters is 2. The second-order valence-electron chi connectivity index (χ2n) is 2.54. The van der Waals surface area contributed by atoms with Gasteiger partial charge in [-0.25, -0.2) is 0 Å². The summed E-state index contributed by atoms with van der Waals surface area (Å²) in [6.07, 6.45) is -0.271. The molecule has 0 aliphatic heterocycles. The molecule has 0 saturated carbocycles. The molecule has 0 bridgehead atoms. The molecule has 0 aromatic heterocycles. The van der Waals surface area contributed by atoms with Crippen LogP contribution in [0.1, 0.15) is 20.3 Å². The summed E-state index contributed by atoms with van der Waals surface area (Å²) in [6.45, 7) is 2.43. The largest absolute Gasteiger partial charge is 0.466 e. The molecule has 0 aromatic carbocycles. The maximum Gasteiger partial charge on any atom is 0.302 e. The lowest BCUT2D eigenvalue weighted by Crippen LogP contribution is -2.22. The van der Waals surface area contributed by atoms with E-state index in [-0.39, 0.29) is 19.2 Å². The molecule has 1 atom stereocenters. The van der Waals surface area contributed by atoms with Crippen molar-refractivity contribution in [1.82, 2.24) is 0 Å². The van der Waals surface area contributed by atoms with Crippen molar-refractivity contribution in [3.63, 3.8) is 0 Å². The Labute approximate surface area is 76.6 Å². The molecule has 13 heavy (non-hydrogen) atoms. The highest BCUT2D eigenvalue weighted by Crippen LogP contribution is 1.98. The maximum atomic E-state index is 10.5. The van der Waals surface area contributed by atoms with Gasteiger partial charge >= 0.3 is 11.9 Å². The van der Waals surface area contributed by atoms with E-state index in [1.165, 1.54) is 13.8 Å². The van der Waals surface area contributed by atoms with Gasteiger partial charge in [-0.15, -0.1) is 0 Å². The van der Waals surface area contributed by atoms with Crippen molar-refractivity contribution in [2.45, 2.75) is 26.4 Å². The Kier molecular flexibility index (Phi) is 5.88. The van der Waals surface area contributed by atoms with E-state index < -0.39 is 12.1 Å². The van der Waals surface area contributed by atoms with E-state index in [4.69, 9.17) is 9.84 Å². The summed E-state index contributed by atoms with van der Waals surface area (Å²) in [6, 6.07) is 0. The topological polar surface area (TPSA) is 72.8 Å². The van der Waals surface area contributed by atoms with Crippen molar-refractivity contribution in [1.29, 1.82) is 0 Å². The lowest BCUT2D eigenvalue weighted by Gasteiger charge is -2.13. The third-order valence-corrected chi connectivity index (χ3v) is 1.28. The first-order chi connectivity index (χ1) is 6.06. The van der Waals surface area contributed by atoms with E-state index in [0.717, 1.165) is 0 Å². The summed E-state index contributed by atoms with van der Waals surface area (Å²) in [5.74, 6) is -0.846. The average Bonchev–Trinajstić information content (AvgIpc) is 2.01. The van der Waals surface area contributed by atoms with Gasteiger partial charge in [0.25, 0.3) is 0 Å². The van der Waals surface area contributed by atoms with Gasteiger partial charge in [-0.05, 0) is 0 Å². The monoisotopic (exact) mass is 190 g/mol. The fourth-order valence-electron chi connectivity index (χ4n) is 0.756. The average molecular weight is 190 g/mol. The second-order valence-corrected chi connectivity index (χ2v) is 2.54. The van der Waals surface area contributed by atoms with Gasteiger partial charge in [0.05, 0.1) is 13.2 Å². The second kappa shape index (κ2) is 6.42. The van der Waals surface area contributed by atoms with Gasteiger partial charge in [0.2, 0.25) is 0 Å². The van der Waals surface area contributed by atoms with Crippen LogP contribution in [-0.4, -0.2) is 36.4 Å². The van der Waals surface area contributed by atoms with Crippen molar-refractivity contribution in [3.05, 3.63) is 0 Å². The van der Waals surface area contributed by atoms with Crippen molar-refractivity contribution < 1.29 is 24.2 Å². The predicted molar refractivity (Wildman–Crippen MR) is 43.9 cm³/mol. The molecular weight excluding hydrogens is 176 g/mol. The maximum absolute atomic E-state index is 10.5. The smallest absolute Gasteiger partial charge is 0.302 e. The highest BCUT2D eigenvalue weighted by Gasteiger charge is 2.10. The molecule has 0 radical (unpaired) electrons. The summed E-state index contributed by atoms with van der Waals surface area (Å²) in [5, 5.41) is 8.72. The lowest BCUT2D eigenvalue weighted by atomic mass is 10.3. The van der Waals surface area contributed by atoms with Crippen LogP contribution in [0.4, 0.5) is 0 Å². The molecule has 0 aromatic rings. The number of carbonyl (C=O) groups is 2. The van der Waals surface area contributed by atoms with Gasteiger partial charge in [-0.2, -0.15) is 0 Å². The molecule has 0 rings (SSSR count). The fraction of sp³-hybridized carbons (Fsp3) is 0.750. The van der Waals surface area contributed by atoms with Crippen LogP contribution in [0.3, 0.4) is 0 Å². The van der Waals surface area contributed by atoms with Crippen LogP contribution < -0.4 is 0 Å². The Hall–Kier alpha value is -1.10. The Morgan fingerprint density at radius 1 is 1.31 bits per heavy atom. The van der Waals surface area contributed by atoms with E-state index in [1.54, 1.807) is 0 Å². The molecule has 76 valence electrons. The molecule has 0 heterocycles. The Morgan fingerprint density at radius 2 is 1.92 bits per heavy atom. The fourth-order valence-corrected chi connectivity index (χ4v) is 0.756. The SMILES string of the molecule is CC(=O)OCCC(CO)OC(C)=O. The normalized spacial score (nSPS) is 11.9. The Morgan fingerprint density at radius 3 is 2.31 bits per heavy atom. The third kappa shape index (κ3) is 7.27. The molecule has 1 unspecified atom stereocenters. The van der Waals surface area contributed by atoms with E-state index in [9.17, 15) is 9.59 Å².